The molecule has 156 valence electrons. The van der Waals surface area contributed by atoms with Crippen molar-refractivity contribution in [1.29, 1.82) is 0 Å². The summed E-state index contributed by atoms with van der Waals surface area (Å²) in [6.45, 7) is 12.3. The van der Waals surface area contributed by atoms with Crippen LogP contribution < -0.4 is 5.73 Å². The Hall–Kier alpha value is -3.27. The number of esters is 2. The maximum absolute atomic E-state index is 12.6. The maximum Gasteiger partial charge on any atom is 0.355 e. The third-order valence-corrected chi connectivity index (χ3v) is 4.04. The first kappa shape index (κ1) is 23.8. The average molecular weight is 400 g/mol. The fourth-order valence-corrected chi connectivity index (χ4v) is 2.56. The number of ether oxygens (including phenoxy) is 2. The molecule has 0 bridgehead atoms. The van der Waals surface area contributed by atoms with Crippen LogP contribution in [-0.4, -0.2) is 35.5 Å². The molecule has 7 heteroatoms. The van der Waals surface area contributed by atoms with Crippen molar-refractivity contribution in [2.24, 2.45) is 5.73 Å². The maximum atomic E-state index is 12.6. The number of H-pyrrole nitrogens is 1. The first-order valence-electron chi connectivity index (χ1n) is 9.08. The predicted molar refractivity (Wildman–Crippen MR) is 110 cm³/mol. The van der Waals surface area contributed by atoms with Gasteiger partial charge in [-0.15, -0.1) is 0 Å². The molecule has 29 heavy (non-hydrogen) atoms. The molecule has 0 atom stereocenters. The molecule has 0 aliphatic carbocycles. The van der Waals surface area contributed by atoms with Gasteiger partial charge in [0.05, 0.1) is 12.8 Å². The Morgan fingerprint density at radius 3 is 2.38 bits per heavy atom. The lowest BCUT2D eigenvalue weighted by Crippen LogP contribution is -2.24. The van der Waals surface area contributed by atoms with Gasteiger partial charge in [0.25, 0.3) is 0 Å². The Bertz CT molecular complexity index is 917. The van der Waals surface area contributed by atoms with Crippen molar-refractivity contribution in [3.8, 4) is 11.8 Å². The number of nitrogens with one attached hydrogen (secondary N) is 1. The van der Waals surface area contributed by atoms with Gasteiger partial charge < -0.3 is 20.2 Å². The molecule has 1 amide bonds. The minimum atomic E-state index is -0.679. The Morgan fingerprint density at radius 2 is 1.90 bits per heavy atom. The number of carbonyl (C=O) groups excluding carboxylic acids is 3. The fourth-order valence-electron chi connectivity index (χ4n) is 2.56. The van der Waals surface area contributed by atoms with Crippen LogP contribution in [0.4, 0.5) is 0 Å². The van der Waals surface area contributed by atoms with E-state index in [0.29, 0.717) is 28.8 Å². The fraction of sp³-hybridized carbons (Fsp3) is 0.409. The normalized spacial score (nSPS) is 11.7. The zero-order chi connectivity index (χ0) is 22.4. The molecule has 0 aliphatic heterocycles. The van der Waals surface area contributed by atoms with Gasteiger partial charge in [-0.05, 0) is 58.1 Å². The molecular weight excluding hydrogens is 372 g/mol. The van der Waals surface area contributed by atoms with Crippen molar-refractivity contribution in [2.75, 3.05) is 7.11 Å². The van der Waals surface area contributed by atoms with Crippen LogP contribution in [0.1, 0.15) is 61.4 Å². The quantitative estimate of drug-likeness (QED) is 0.330. The second-order valence-electron chi connectivity index (χ2n) is 7.41. The summed E-state index contributed by atoms with van der Waals surface area (Å²) in [7, 11) is 1.31. The molecule has 0 unspecified atom stereocenters. The molecule has 0 spiro atoms. The lowest BCUT2D eigenvalue weighted by molar-refractivity contribution is -0.140. The molecule has 0 fully saturated rings. The lowest BCUT2D eigenvalue weighted by atomic mass is 10.0. The third kappa shape index (κ3) is 6.68. The van der Waals surface area contributed by atoms with E-state index in [1.165, 1.54) is 13.2 Å². The van der Waals surface area contributed by atoms with E-state index in [-0.39, 0.29) is 23.7 Å². The molecule has 1 aromatic heterocycles. The number of hydrogen-bond donors (Lipinski definition) is 2. The van der Waals surface area contributed by atoms with Crippen molar-refractivity contribution in [3.63, 3.8) is 0 Å². The number of primary amides is 1. The van der Waals surface area contributed by atoms with Crippen LogP contribution in [0.2, 0.25) is 0 Å². The summed E-state index contributed by atoms with van der Waals surface area (Å²) in [6.07, 6.45) is 1.75. The monoisotopic (exact) mass is 400 g/mol. The van der Waals surface area contributed by atoms with Crippen molar-refractivity contribution >= 4 is 17.8 Å². The Balaban J connectivity index is 3.43. The van der Waals surface area contributed by atoms with E-state index in [1.807, 2.05) is 0 Å². The number of rotatable bonds is 6. The molecule has 0 saturated heterocycles. The summed E-state index contributed by atoms with van der Waals surface area (Å²) in [5.41, 5.74) is 7.38. The van der Waals surface area contributed by atoms with E-state index in [1.54, 1.807) is 34.6 Å². The number of aromatic nitrogens is 1. The highest BCUT2D eigenvalue weighted by molar-refractivity contribution is 5.96. The number of nitrogens with two attached hydrogens (primary N) is 1. The Morgan fingerprint density at radius 1 is 1.28 bits per heavy atom. The third-order valence-electron chi connectivity index (χ3n) is 4.04. The number of methoxy groups -OCH3 is 1. The minimum absolute atomic E-state index is 0.110. The van der Waals surface area contributed by atoms with Gasteiger partial charge in [-0.1, -0.05) is 18.6 Å². The highest BCUT2D eigenvalue weighted by Gasteiger charge is 2.25. The summed E-state index contributed by atoms with van der Waals surface area (Å²) in [6, 6.07) is 0. The van der Waals surface area contributed by atoms with Gasteiger partial charge in [-0.3, -0.25) is 9.59 Å². The first-order valence-corrected chi connectivity index (χ1v) is 9.08. The Kier molecular flexibility index (Phi) is 8.02. The van der Waals surface area contributed by atoms with Crippen LogP contribution in [0.15, 0.2) is 23.8 Å². The number of amides is 1. The van der Waals surface area contributed by atoms with Gasteiger partial charge in [-0.2, -0.15) is 0 Å². The standard InChI is InChI=1S/C22H28N2O5/c1-8-15(20(23)26)13(2)9-11-17-14(3)16(10-12-18(25)28-7)19(24-17)21(27)29-22(4,5)6/h8,24H,1,10,12H2,2-7H3,(H2,23,26)/b15-13-. The van der Waals surface area contributed by atoms with Crippen LogP contribution in [-0.2, 0) is 25.5 Å². The molecule has 0 aliphatic rings. The van der Waals surface area contributed by atoms with E-state index in [9.17, 15) is 14.4 Å². The zero-order valence-electron chi connectivity index (χ0n) is 17.8. The van der Waals surface area contributed by atoms with Crippen molar-refractivity contribution in [3.05, 3.63) is 46.3 Å². The van der Waals surface area contributed by atoms with E-state index in [2.05, 4.69) is 28.1 Å². The SMILES string of the molecule is C=C/C(C(N)=O)=C(\C)C#Cc1[nH]c(C(=O)OC(C)(C)C)c(CCC(=O)OC)c1C. The molecule has 7 nitrogen and oxygen atoms in total. The summed E-state index contributed by atoms with van der Waals surface area (Å²) >= 11 is 0. The van der Waals surface area contributed by atoms with Crippen molar-refractivity contribution in [2.45, 2.75) is 53.1 Å². The molecular formula is C22H28N2O5. The van der Waals surface area contributed by atoms with E-state index in [4.69, 9.17) is 10.5 Å². The van der Waals surface area contributed by atoms with Crippen LogP contribution >= 0.6 is 0 Å². The molecule has 0 aromatic carbocycles. The first-order chi connectivity index (χ1) is 13.4. The number of aromatic amines is 1. The van der Waals surface area contributed by atoms with E-state index < -0.39 is 17.5 Å². The number of carbonyl (C=O) groups is 3. The van der Waals surface area contributed by atoms with Crippen LogP contribution in [0.3, 0.4) is 0 Å². The topological polar surface area (TPSA) is 111 Å². The molecule has 3 N–H and O–H groups in total. The molecule has 1 rings (SSSR count). The lowest BCUT2D eigenvalue weighted by Gasteiger charge is -2.19. The van der Waals surface area contributed by atoms with Gasteiger partial charge in [0.2, 0.25) is 5.91 Å². The second-order valence-corrected chi connectivity index (χ2v) is 7.41. The number of allylic oxidation sites excluding steroid dienone is 1. The largest absolute Gasteiger partial charge is 0.469 e. The smallest absolute Gasteiger partial charge is 0.355 e. The molecule has 0 radical (unpaired) electrons. The zero-order valence-corrected chi connectivity index (χ0v) is 17.8. The highest BCUT2D eigenvalue weighted by atomic mass is 16.6. The van der Waals surface area contributed by atoms with Crippen molar-refractivity contribution < 1.29 is 23.9 Å². The predicted octanol–water partition coefficient (Wildman–Crippen LogP) is 2.72. The minimum Gasteiger partial charge on any atom is -0.469 e. The molecule has 1 aromatic rings. The van der Waals surface area contributed by atoms with Crippen LogP contribution in [0.5, 0.6) is 0 Å². The van der Waals surface area contributed by atoms with Gasteiger partial charge in [0, 0.05) is 17.6 Å². The van der Waals surface area contributed by atoms with Crippen molar-refractivity contribution in [1.82, 2.24) is 4.98 Å². The number of hydrogen-bond acceptors (Lipinski definition) is 5. The average Bonchev–Trinajstić information content (AvgIpc) is 2.92. The second kappa shape index (κ2) is 9.78. The summed E-state index contributed by atoms with van der Waals surface area (Å²) in [5.74, 6) is 4.23. The van der Waals surface area contributed by atoms with Gasteiger partial charge in [-0.25, -0.2) is 4.79 Å². The van der Waals surface area contributed by atoms with Crippen LogP contribution in [0, 0.1) is 18.8 Å². The van der Waals surface area contributed by atoms with Crippen LogP contribution in [0.25, 0.3) is 0 Å². The van der Waals surface area contributed by atoms with Gasteiger partial charge in [0.15, 0.2) is 0 Å². The Labute approximate surface area is 171 Å². The molecule has 0 saturated carbocycles. The van der Waals surface area contributed by atoms with E-state index in [0.717, 1.165) is 0 Å². The summed E-state index contributed by atoms with van der Waals surface area (Å²) < 4.78 is 10.1. The summed E-state index contributed by atoms with van der Waals surface area (Å²) in [5, 5.41) is 0. The van der Waals surface area contributed by atoms with E-state index >= 15 is 0 Å². The van der Waals surface area contributed by atoms with Gasteiger partial charge in [0.1, 0.15) is 11.3 Å². The highest BCUT2D eigenvalue weighted by Crippen LogP contribution is 2.23. The van der Waals surface area contributed by atoms with Gasteiger partial charge >= 0.3 is 11.9 Å². The molecule has 1 heterocycles. The summed E-state index contributed by atoms with van der Waals surface area (Å²) in [4.78, 5) is 38.6.